The van der Waals surface area contributed by atoms with Gasteiger partial charge in [0, 0.05) is 22.5 Å². The van der Waals surface area contributed by atoms with E-state index in [0.29, 0.717) is 11.6 Å². The summed E-state index contributed by atoms with van der Waals surface area (Å²) in [5, 5.41) is 4.22. The fourth-order valence-electron chi connectivity index (χ4n) is 3.91. The Kier molecular flexibility index (Phi) is 3.59. The van der Waals surface area contributed by atoms with Gasteiger partial charge in [-0.25, -0.2) is 9.97 Å². The summed E-state index contributed by atoms with van der Waals surface area (Å²) < 4.78 is 0. The number of aromatic amines is 1. The second-order valence-corrected chi connectivity index (χ2v) is 7.10. The zero-order chi connectivity index (χ0) is 17.5. The van der Waals surface area contributed by atoms with Gasteiger partial charge in [0.1, 0.15) is 5.52 Å². The monoisotopic (exact) mass is 344 g/mol. The van der Waals surface area contributed by atoms with Crippen molar-refractivity contribution in [2.75, 3.05) is 0 Å². The molecule has 4 aromatic rings. The molecular weight excluding hydrogens is 324 g/mol. The Balaban J connectivity index is 1.54. The van der Waals surface area contributed by atoms with Crippen molar-refractivity contribution in [3.8, 4) is 0 Å². The summed E-state index contributed by atoms with van der Waals surface area (Å²) in [6, 6.07) is 13.9. The molecule has 2 heterocycles. The van der Waals surface area contributed by atoms with Gasteiger partial charge in [-0.05, 0) is 37.1 Å². The van der Waals surface area contributed by atoms with Gasteiger partial charge in [-0.2, -0.15) is 0 Å². The van der Waals surface area contributed by atoms with E-state index in [1.54, 1.807) is 0 Å². The van der Waals surface area contributed by atoms with Crippen LogP contribution >= 0.6 is 0 Å². The minimum atomic E-state index is -0.0142. The summed E-state index contributed by atoms with van der Waals surface area (Å²) in [6.45, 7) is 0. The number of para-hydroxylation sites is 1. The predicted octanol–water partition coefficient (Wildman–Crippen LogP) is 4.33. The third-order valence-electron chi connectivity index (χ3n) is 5.30. The number of nitrogens with zero attached hydrogens (tertiary/aromatic N) is 2. The first-order valence-electron chi connectivity index (χ1n) is 9.27. The maximum atomic E-state index is 12.6. The van der Waals surface area contributed by atoms with Gasteiger partial charge in [0.2, 0.25) is 0 Å². The van der Waals surface area contributed by atoms with Crippen LogP contribution in [0.1, 0.15) is 42.5 Å². The number of amides is 1. The molecule has 1 aliphatic carbocycles. The molecule has 1 saturated carbocycles. The summed E-state index contributed by atoms with van der Waals surface area (Å²) in [4.78, 5) is 25.4. The van der Waals surface area contributed by atoms with Crippen molar-refractivity contribution in [3.63, 3.8) is 0 Å². The van der Waals surface area contributed by atoms with Crippen LogP contribution in [0.4, 0.5) is 0 Å². The molecule has 1 amide bonds. The number of hydrogen-bond acceptors (Lipinski definition) is 3. The third-order valence-corrected chi connectivity index (χ3v) is 5.30. The Morgan fingerprint density at radius 3 is 2.73 bits per heavy atom. The zero-order valence-corrected chi connectivity index (χ0v) is 14.5. The predicted molar refractivity (Wildman–Crippen MR) is 103 cm³/mol. The number of fused-ring (bicyclic) bond motifs is 4. The second-order valence-electron chi connectivity index (χ2n) is 7.10. The molecule has 0 aliphatic heterocycles. The van der Waals surface area contributed by atoms with Crippen molar-refractivity contribution >= 4 is 39.0 Å². The largest absolute Gasteiger partial charge is 0.349 e. The van der Waals surface area contributed by atoms with E-state index in [0.717, 1.165) is 45.9 Å². The van der Waals surface area contributed by atoms with Crippen LogP contribution in [-0.4, -0.2) is 26.9 Å². The number of rotatable bonds is 2. The molecule has 0 saturated heterocycles. The summed E-state index contributed by atoms with van der Waals surface area (Å²) in [6.07, 6.45) is 5.84. The van der Waals surface area contributed by atoms with E-state index < -0.39 is 0 Å². The van der Waals surface area contributed by atoms with E-state index in [2.05, 4.69) is 15.3 Å². The van der Waals surface area contributed by atoms with Crippen molar-refractivity contribution < 1.29 is 4.79 Å². The molecule has 0 bridgehead atoms. The first-order chi connectivity index (χ1) is 12.8. The molecule has 2 aromatic heterocycles. The molecule has 130 valence electrons. The molecule has 0 radical (unpaired) electrons. The summed E-state index contributed by atoms with van der Waals surface area (Å²) in [5.41, 5.74) is 4.83. The Morgan fingerprint density at radius 2 is 1.85 bits per heavy atom. The third kappa shape index (κ3) is 2.60. The Morgan fingerprint density at radius 1 is 1.00 bits per heavy atom. The van der Waals surface area contributed by atoms with Crippen LogP contribution in [0, 0.1) is 0 Å². The van der Waals surface area contributed by atoms with Gasteiger partial charge in [0.15, 0.2) is 5.65 Å². The van der Waals surface area contributed by atoms with Gasteiger partial charge < -0.3 is 10.3 Å². The number of benzene rings is 2. The van der Waals surface area contributed by atoms with Crippen LogP contribution in [-0.2, 0) is 0 Å². The number of nitrogens with one attached hydrogen (secondary N) is 2. The van der Waals surface area contributed by atoms with Gasteiger partial charge in [-0.15, -0.1) is 0 Å². The van der Waals surface area contributed by atoms with Crippen LogP contribution in [0.2, 0.25) is 0 Å². The maximum absolute atomic E-state index is 12.6. The fraction of sp³-hybridized carbons (Fsp3) is 0.286. The molecule has 26 heavy (non-hydrogen) atoms. The lowest BCUT2D eigenvalue weighted by Gasteiger charge is -2.22. The smallest absolute Gasteiger partial charge is 0.251 e. The molecule has 5 nitrogen and oxygen atoms in total. The van der Waals surface area contributed by atoms with Gasteiger partial charge >= 0.3 is 0 Å². The number of hydrogen-bond donors (Lipinski definition) is 2. The van der Waals surface area contributed by atoms with Crippen molar-refractivity contribution in [1.82, 2.24) is 20.3 Å². The van der Waals surface area contributed by atoms with Crippen molar-refractivity contribution in [1.29, 1.82) is 0 Å². The Bertz CT molecular complexity index is 1120. The summed E-state index contributed by atoms with van der Waals surface area (Å²) >= 11 is 0. The molecule has 0 unspecified atom stereocenters. The molecule has 0 spiro atoms. The lowest BCUT2D eigenvalue weighted by atomic mass is 9.95. The van der Waals surface area contributed by atoms with Crippen LogP contribution < -0.4 is 5.32 Å². The minimum absolute atomic E-state index is 0.0142. The lowest BCUT2D eigenvalue weighted by Crippen LogP contribution is -2.36. The molecule has 1 fully saturated rings. The fourth-order valence-corrected chi connectivity index (χ4v) is 3.91. The van der Waals surface area contributed by atoms with Crippen LogP contribution in [0.3, 0.4) is 0 Å². The zero-order valence-electron chi connectivity index (χ0n) is 14.5. The van der Waals surface area contributed by atoms with Gasteiger partial charge in [-0.3, -0.25) is 4.79 Å². The Labute approximate surface area is 150 Å². The van der Waals surface area contributed by atoms with Gasteiger partial charge in [0.25, 0.3) is 5.91 Å². The van der Waals surface area contributed by atoms with E-state index in [9.17, 15) is 4.79 Å². The second kappa shape index (κ2) is 6.09. The van der Waals surface area contributed by atoms with Gasteiger partial charge in [0.05, 0.1) is 11.0 Å². The van der Waals surface area contributed by atoms with E-state index in [4.69, 9.17) is 4.98 Å². The number of aromatic nitrogens is 3. The number of carbonyl (C=O) groups excluding carboxylic acids is 1. The summed E-state index contributed by atoms with van der Waals surface area (Å²) in [7, 11) is 0. The standard InChI is InChI=1S/C21H20N4O/c26-21(22-14-6-2-1-3-7-14)13-10-11-17-18(12-13)23-19-15-8-4-5-9-16(15)24-20(19)25-17/h4-5,8-12,14H,1-3,6-7H2,(H,22,26)(H,24,25). The normalized spacial score (nSPS) is 15.7. The highest BCUT2D eigenvalue weighted by molar-refractivity contribution is 6.06. The molecule has 5 heteroatoms. The molecule has 2 N–H and O–H groups in total. The quantitative estimate of drug-likeness (QED) is 0.569. The van der Waals surface area contributed by atoms with Crippen molar-refractivity contribution in [2.24, 2.45) is 0 Å². The van der Waals surface area contributed by atoms with E-state index >= 15 is 0 Å². The van der Waals surface area contributed by atoms with Crippen molar-refractivity contribution in [3.05, 3.63) is 48.0 Å². The first-order valence-corrected chi connectivity index (χ1v) is 9.27. The average molecular weight is 344 g/mol. The van der Waals surface area contributed by atoms with Crippen LogP contribution in [0.5, 0.6) is 0 Å². The highest BCUT2D eigenvalue weighted by Gasteiger charge is 2.17. The minimum Gasteiger partial charge on any atom is -0.349 e. The molecule has 5 rings (SSSR count). The average Bonchev–Trinajstić information content (AvgIpc) is 3.04. The lowest BCUT2D eigenvalue weighted by molar-refractivity contribution is 0.0928. The molecule has 0 atom stereocenters. The van der Waals surface area contributed by atoms with E-state index in [1.165, 1.54) is 19.3 Å². The summed E-state index contributed by atoms with van der Waals surface area (Å²) in [5.74, 6) is -0.0142. The first kappa shape index (κ1) is 15.3. The number of carbonyl (C=O) groups is 1. The highest BCUT2D eigenvalue weighted by atomic mass is 16.1. The highest BCUT2D eigenvalue weighted by Crippen LogP contribution is 2.25. The topological polar surface area (TPSA) is 70.7 Å². The van der Waals surface area contributed by atoms with E-state index in [1.807, 2.05) is 42.5 Å². The maximum Gasteiger partial charge on any atom is 0.251 e. The molecule has 1 aliphatic rings. The van der Waals surface area contributed by atoms with Crippen LogP contribution in [0.25, 0.3) is 33.1 Å². The molecular formula is C21H20N4O. The SMILES string of the molecule is O=C(NC1CCCCC1)c1ccc2nc3[nH]c4ccccc4c3nc2c1. The van der Waals surface area contributed by atoms with Gasteiger partial charge in [-0.1, -0.05) is 37.5 Å². The van der Waals surface area contributed by atoms with Crippen LogP contribution in [0.15, 0.2) is 42.5 Å². The molecule has 2 aromatic carbocycles. The Hall–Kier alpha value is -2.95. The van der Waals surface area contributed by atoms with E-state index in [-0.39, 0.29) is 5.91 Å². The van der Waals surface area contributed by atoms with Crippen molar-refractivity contribution in [2.45, 2.75) is 38.1 Å². The number of H-pyrrole nitrogens is 1.